The number of nitrogens with zero attached hydrogens (tertiary/aromatic N) is 1. The van der Waals surface area contributed by atoms with Crippen LogP contribution in [0, 0.1) is 16.7 Å². The van der Waals surface area contributed by atoms with Crippen LogP contribution in [-0.2, 0) is 0 Å². The molecule has 0 aliphatic carbocycles. The zero-order valence-electron chi connectivity index (χ0n) is 10.3. The number of thiophene rings is 1. The summed E-state index contributed by atoms with van der Waals surface area (Å²) in [6.07, 6.45) is 2.00. The van der Waals surface area contributed by atoms with Crippen LogP contribution in [0.2, 0.25) is 0 Å². The van der Waals surface area contributed by atoms with Crippen LogP contribution >= 0.6 is 11.3 Å². The van der Waals surface area contributed by atoms with Crippen LogP contribution in [-0.4, -0.2) is 6.54 Å². The molecular weight excluding hydrogens is 216 g/mol. The lowest BCUT2D eigenvalue weighted by Crippen LogP contribution is -2.20. The summed E-state index contributed by atoms with van der Waals surface area (Å²) >= 11 is 1.78. The zero-order chi connectivity index (χ0) is 12.0. The largest absolute Gasteiger partial charge is 0.309 e. The number of hydrogen-bond acceptors (Lipinski definition) is 3. The molecule has 3 heteroatoms. The van der Waals surface area contributed by atoms with Gasteiger partial charge in [-0.25, -0.2) is 0 Å². The van der Waals surface area contributed by atoms with Crippen LogP contribution in [0.4, 0.5) is 0 Å². The fourth-order valence-electron chi connectivity index (χ4n) is 1.54. The minimum atomic E-state index is -0.187. The van der Waals surface area contributed by atoms with Crippen LogP contribution < -0.4 is 5.32 Å². The predicted molar refractivity (Wildman–Crippen MR) is 69.4 cm³/mol. The smallest absolute Gasteiger partial charge is 0.0683 e. The van der Waals surface area contributed by atoms with Gasteiger partial charge in [0.2, 0.25) is 0 Å². The van der Waals surface area contributed by atoms with Crippen LogP contribution in [0.25, 0.3) is 0 Å². The van der Waals surface area contributed by atoms with Gasteiger partial charge in [0.05, 0.1) is 11.5 Å². The summed E-state index contributed by atoms with van der Waals surface area (Å²) in [6, 6.07) is 6.99. The fourth-order valence-corrected chi connectivity index (χ4v) is 2.30. The van der Waals surface area contributed by atoms with Crippen LogP contribution in [0.1, 0.15) is 44.5 Å². The van der Waals surface area contributed by atoms with Crippen molar-refractivity contribution in [3.8, 4) is 6.07 Å². The Morgan fingerprint density at radius 3 is 2.88 bits per heavy atom. The molecule has 0 saturated heterocycles. The van der Waals surface area contributed by atoms with Gasteiger partial charge in [-0.1, -0.05) is 6.07 Å². The Balaban J connectivity index is 2.20. The van der Waals surface area contributed by atoms with E-state index in [2.05, 4.69) is 35.8 Å². The van der Waals surface area contributed by atoms with Crippen LogP contribution in [0.5, 0.6) is 0 Å². The van der Waals surface area contributed by atoms with Gasteiger partial charge in [-0.3, -0.25) is 0 Å². The molecule has 0 fully saturated rings. The topological polar surface area (TPSA) is 35.8 Å². The third-order valence-electron chi connectivity index (χ3n) is 2.70. The third kappa shape index (κ3) is 4.34. The molecule has 1 aromatic heterocycles. The first-order valence-corrected chi connectivity index (χ1v) is 6.61. The second kappa shape index (κ2) is 6.03. The van der Waals surface area contributed by atoms with E-state index in [1.165, 1.54) is 4.88 Å². The quantitative estimate of drug-likeness (QED) is 0.764. The monoisotopic (exact) mass is 236 g/mol. The van der Waals surface area contributed by atoms with E-state index in [4.69, 9.17) is 5.26 Å². The molecule has 1 N–H and O–H groups in total. The van der Waals surface area contributed by atoms with E-state index in [9.17, 15) is 0 Å². The molecule has 0 aromatic carbocycles. The number of nitriles is 1. The Bertz CT molecular complexity index is 335. The molecule has 0 aliphatic rings. The van der Waals surface area contributed by atoms with Gasteiger partial charge in [0.25, 0.3) is 0 Å². The predicted octanol–water partition coefficient (Wildman–Crippen LogP) is 3.73. The standard InChI is InChI=1S/C13H20N2S/c1-11(12-6-4-9-16-12)15-8-5-7-13(2,3)10-14/h4,6,9,11,15H,5,7-8H2,1-3H3/t11-/m1/s1. The van der Waals surface area contributed by atoms with Crippen LogP contribution in [0.3, 0.4) is 0 Å². The Hall–Kier alpha value is -0.850. The molecule has 88 valence electrons. The van der Waals surface area contributed by atoms with Crippen molar-refractivity contribution in [1.29, 1.82) is 5.26 Å². The third-order valence-corrected chi connectivity index (χ3v) is 3.76. The van der Waals surface area contributed by atoms with Crippen molar-refractivity contribution in [2.75, 3.05) is 6.54 Å². The van der Waals surface area contributed by atoms with E-state index in [0.717, 1.165) is 19.4 Å². The lowest BCUT2D eigenvalue weighted by atomic mass is 9.90. The van der Waals surface area contributed by atoms with E-state index in [1.807, 2.05) is 13.8 Å². The van der Waals surface area contributed by atoms with E-state index in [1.54, 1.807) is 11.3 Å². The molecule has 16 heavy (non-hydrogen) atoms. The number of hydrogen-bond donors (Lipinski definition) is 1. The molecule has 1 aromatic rings. The lowest BCUT2D eigenvalue weighted by molar-refractivity contribution is 0.418. The van der Waals surface area contributed by atoms with E-state index in [-0.39, 0.29) is 5.41 Å². The van der Waals surface area contributed by atoms with Gasteiger partial charge in [-0.2, -0.15) is 5.26 Å². The molecule has 0 unspecified atom stereocenters. The highest BCUT2D eigenvalue weighted by atomic mass is 32.1. The fraction of sp³-hybridized carbons (Fsp3) is 0.615. The summed E-state index contributed by atoms with van der Waals surface area (Å²) < 4.78 is 0. The maximum atomic E-state index is 8.88. The first kappa shape index (κ1) is 13.2. The summed E-state index contributed by atoms with van der Waals surface area (Å²) in [4.78, 5) is 1.37. The lowest BCUT2D eigenvalue weighted by Gasteiger charge is -2.16. The van der Waals surface area contributed by atoms with Gasteiger partial charge < -0.3 is 5.32 Å². The second-order valence-electron chi connectivity index (χ2n) is 4.79. The highest BCUT2D eigenvalue weighted by molar-refractivity contribution is 7.10. The van der Waals surface area contributed by atoms with Crippen molar-refractivity contribution < 1.29 is 0 Å². The molecule has 2 nitrogen and oxygen atoms in total. The normalized spacial score (nSPS) is 13.4. The summed E-state index contributed by atoms with van der Waals surface area (Å²) in [5, 5.41) is 14.5. The molecule has 0 radical (unpaired) electrons. The molecule has 0 amide bonds. The Labute approximate surface area is 102 Å². The minimum absolute atomic E-state index is 0.187. The zero-order valence-corrected chi connectivity index (χ0v) is 11.1. The highest BCUT2D eigenvalue weighted by Crippen LogP contribution is 2.21. The molecule has 1 heterocycles. The molecule has 1 rings (SSSR count). The average Bonchev–Trinajstić information content (AvgIpc) is 2.77. The summed E-state index contributed by atoms with van der Waals surface area (Å²) in [7, 11) is 0. The molecule has 0 saturated carbocycles. The van der Waals surface area contributed by atoms with Crippen molar-refractivity contribution in [3.63, 3.8) is 0 Å². The Morgan fingerprint density at radius 2 is 2.31 bits per heavy atom. The first-order chi connectivity index (χ1) is 7.55. The van der Waals surface area contributed by atoms with Crippen LogP contribution in [0.15, 0.2) is 17.5 Å². The van der Waals surface area contributed by atoms with E-state index < -0.39 is 0 Å². The molecule has 0 spiro atoms. The minimum Gasteiger partial charge on any atom is -0.309 e. The second-order valence-corrected chi connectivity index (χ2v) is 5.77. The van der Waals surface area contributed by atoms with Gasteiger partial charge in [-0.15, -0.1) is 11.3 Å². The SMILES string of the molecule is C[C@@H](NCCCC(C)(C)C#N)c1cccs1. The summed E-state index contributed by atoms with van der Waals surface area (Å²) in [6.45, 7) is 7.15. The average molecular weight is 236 g/mol. The number of nitrogens with one attached hydrogen (secondary N) is 1. The number of rotatable bonds is 6. The molecule has 0 bridgehead atoms. The Kier molecular flexibility index (Phi) is 4.98. The van der Waals surface area contributed by atoms with Gasteiger partial charge in [0, 0.05) is 10.9 Å². The van der Waals surface area contributed by atoms with Gasteiger partial charge in [-0.05, 0) is 51.6 Å². The maximum absolute atomic E-state index is 8.88. The maximum Gasteiger partial charge on any atom is 0.0683 e. The Morgan fingerprint density at radius 1 is 1.56 bits per heavy atom. The van der Waals surface area contributed by atoms with Gasteiger partial charge in [0.1, 0.15) is 0 Å². The first-order valence-electron chi connectivity index (χ1n) is 5.73. The van der Waals surface area contributed by atoms with Gasteiger partial charge >= 0.3 is 0 Å². The molecule has 0 aliphatic heterocycles. The summed E-state index contributed by atoms with van der Waals surface area (Å²) in [5.41, 5.74) is -0.187. The van der Waals surface area contributed by atoms with Crippen molar-refractivity contribution in [3.05, 3.63) is 22.4 Å². The summed E-state index contributed by atoms with van der Waals surface area (Å²) in [5.74, 6) is 0. The van der Waals surface area contributed by atoms with Crippen molar-refractivity contribution >= 4 is 11.3 Å². The van der Waals surface area contributed by atoms with E-state index in [0.29, 0.717) is 6.04 Å². The highest BCUT2D eigenvalue weighted by Gasteiger charge is 2.15. The van der Waals surface area contributed by atoms with Gasteiger partial charge in [0.15, 0.2) is 0 Å². The van der Waals surface area contributed by atoms with Crippen molar-refractivity contribution in [1.82, 2.24) is 5.32 Å². The molecular formula is C13H20N2S. The van der Waals surface area contributed by atoms with Crippen molar-refractivity contribution in [2.24, 2.45) is 5.41 Å². The van der Waals surface area contributed by atoms with Crippen molar-refractivity contribution in [2.45, 2.75) is 39.7 Å². The molecule has 1 atom stereocenters. The van der Waals surface area contributed by atoms with E-state index >= 15 is 0 Å².